The van der Waals surface area contributed by atoms with E-state index >= 15 is 0 Å². The predicted octanol–water partition coefficient (Wildman–Crippen LogP) is 1.94. The maximum atomic E-state index is 10.7. The van der Waals surface area contributed by atoms with Crippen molar-refractivity contribution in [1.29, 1.82) is 0 Å². The normalized spacial score (nSPS) is 10.3. The average Bonchev–Trinajstić information content (AvgIpc) is 2.60. The van der Waals surface area contributed by atoms with E-state index in [1.807, 2.05) is 43.3 Å². The first-order chi connectivity index (χ1) is 7.66. The number of aliphatic carboxylic acids is 1. The smallest absolute Gasteiger partial charge is 0.325 e. The Bertz CT molecular complexity index is 503. The van der Waals surface area contributed by atoms with E-state index < -0.39 is 5.97 Å². The van der Waals surface area contributed by atoms with Gasteiger partial charge < -0.3 is 5.11 Å². The van der Waals surface area contributed by atoms with Crippen molar-refractivity contribution in [2.24, 2.45) is 0 Å². The molecule has 0 bridgehead atoms. The number of nitrogens with zero attached hydrogens (tertiary/aromatic N) is 2. The second-order valence-electron chi connectivity index (χ2n) is 3.59. The Morgan fingerprint density at radius 1 is 1.38 bits per heavy atom. The highest BCUT2D eigenvalue weighted by atomic mass is 16.4. The molecule has 0 saturated carbocycles. The second-order valence-corrected chi connectivity index (χ2v) is 3.59. The molecule has 1 aromatic carbocycles. The first-order valence-electron chi connectivity index (χ1n) is 4.98. The quantitative estimate of drug-likeness (QED) is 0.853. The lowest BCUT2D eigenvalue weighted by molar-refractivity contribution is -0.137. The zero-order chi connectivity index (χ0) is 11.5. The number of carbonyl (C=O) groups is 1. The Balaban J connectivity index is 2.44. The minimum absolute atomic E-state index is 0.113. The molecule has 0 atom stereocenters. The van der Waals surface area contributed by atoms with Crippen LogP contribution in [0, 0.1) is 6.92 Å². The van der Waals surface area contributed by atoms with Crippen LogP contribution in [0.4, 0.5) is 0 Å². The van der Waals surface area contributed by atoms with Crippen molar-refractivity contribution in [2.45, 2.75) is 13.5 Å². The molecule has 4 heteroatoms. The van der Waals surface area contributed by atoms with Crippen LogP contribution in [0.1, 0.15) is 5.69 Å². The summed E-state index contributed by atoms with van der Waals surface area (Å²) in [6.45, 7) is 1.74. The molecule has 1 N–H and O–H groups in total. The van der Waals surface area contributed by atoms with Gasteiger partial charge in [0, 0.05) is 0 Å². The van der Waals surface area contributed by atoms with Crippen molar-refractivity contribution in [3.8, 4) is 11.3 Å². The molecule has 2 rings (SSSR count). The Morgan fingerprint density at radius 3 is 2.69 bits per heavy atom. The van der Waals surface area contributed by atoms with E-state index in [0.717, 1.165) is 17.0 Å². The fraction of sp³-hybridized carbons (Fsp3) is 0.167. The van der Waals surface area contributed by atoms with Crippen LogP contribution in [-0.4, -0.2) is 20.9 Å². The van der Waals surface area contributed by atoms with Crippen LogP contribution in [0.25, 0.3) is 11.3 Å². The molecule has 82 valence electrons. The van der Waals surface area contributed by atoms with Gasteiger partial charge in [0.2, 0.25) is 0 Å². The van der Waals surface area contributed by atoms with E-state index in [-0.39, 0.29) is 6.54 Å². The van der Waals surface area contributed by atoms with Gasteiger partial charge in [-0.2, -0.15) is 5.10 Å². The van der Waals surface area contributed by atoms with Gasteiger partial charge in [-0.25, -0.2) is 0 Å². The maximum absolute atomic E-state index is 10.7. The molecule has 0 aliphatic heterocycles. The Morgan fingerprint density at radius 2 is 2.06 bits per heavy atom. The standard InChI is InChI=1S/C12H12N2O2/c1-9-7-11(10-5-3-2-4-6-10)14(13-9)8-12(15)16/h2-7H,8H2,1H3,(H,15,16). The zero-order valence-electron chi connectivity index (χ0n) is 8.92. The van der Waals surface area contributed by atoms with Crippen molar-refractivity contribution < 1.29 is 9.90 Å². The Hall–Kier alpha value is -2.10. The molecule has 0 saturated heterocycles. The number of hydrogen-bond acceptors (Lipinski definition) is 2. The van der Waals surface area contributed by atoms with E-state index in [1.54, 1.807) is 0 Å². The summed E-state index contributed by atoms with van der Waals surface area (Å²) in [5.74, 6) is -0.889. The van der Waals surface area contributed by atoms with Crippen LogP contribution in [0.5, 0.6) is 0 Å². The topological polar surface area (TPSA) is 55.1 Å². The van der Waals surface area contributed by atoms with Gasteiger partial charge in [-0.15, -0.1) is 0 Å². The summed E-state index contributed by atoms with van der Waals surface area (Å²) in [5, 5.41) is 12.9. The van der Waals surface area contributed by atoms with Gasteiger partial charge in [0.15, 0.2) is 0 Å². The summed E-state index contributed by atoms with van der Waals surface area (Å²) in [4.78, 5) is 10.7. The highest BCUT2D eigenvalue weighted by molar-refractivity contribution is 5.68. The predicted molar refractivity (Wildman–Crippen MR) is 60.0 cm³/mol. The number of benzene rings is 1. The molecular formula is C12H12N2O2. The lowest BCUT2D eigenvalue weighted by Crippen LogP contribution is -2.11. The third-order valence-corrected chi connectivity index (χ3v) is 2.26. The number of aryl methyl sites for hydroxylation is 1. The van der Waals surface area contributed by atoms with Crippen molar-refractivity contribution in [3.05, 3.63) is 42.1 Å². The molecule has 16 heavy (non-hydrogen) atoms. The number of aromatic nitrogens is 2. The molecule has 1 heterocycles. The molecule has 0 aliphatic rings. The molecular weight excluding hydrogens is 204 g/mol. The van der Waals surface area contributed by atoms with Crippen LogP contribution < -0.4 is 0 Å². The largest absolute Gasteiger partial charge is 0.480 e. The first-order valence-corrected chi connectivity index (χ1v) is 4.98. The molecule has 0 amide bonds. The SMILES string of the molecule is Cc1cc(-c2ccccc2)n(CC(=O)O)n1. The third kappa shape index (κ3) is 2.11. The number of hydrogen-bond donors (Lipinski definition) is 1. The summed E-state index contributed by atoms with van der Waals surface area (Å²) in [5.41, 5.74) is 2.63. The van der Waals surface area contributed by atoms with E-state index in [1.165, 1.54) is 4.68 Å². The van der Waals surface area contributed by atoms with Gasteiger partial charge in [0.1, 0.15) is 6.54 Å². The van der Waals surface area contributed by atoms with Gasteiger partial charge in [0.25, 0.3) is 0 Å². The van der Waals surface area contributed by atoms with Crippen LogP contribution in [0.15, 0.2) is 36.4 Å². The maximum Gasteiger partial charge on any atom is 0.325 e. The lowest BCUT2D eigenvalue weighted by atomic mass is 10.1. The fourth-order valence-corrected chi connectivity index (χ4v) is 1.64. The zero-order valence-corrected chi connectivity index (χ0v) is 8.92. The summed E-state index contributed by atoms with van der Waals surface area (Å²) in [7, 11) is 0. The van der Waals surface area contributed by atoms with Gasteiger partial charge in [0.05, 0.1) is 11.4 Å². The molecule has 2 aromatic rings. The van der Waals surface area contributed by atoms with Crippen molar-refractivity contribution in [3.63, 3.8) is 0 Å². The van der Waals surface area contributed by atoms with Crippen molar-refractivity contribution in [1.82, 2.24) is 9.78 Å². The first kappa shape index (κ1) is 10.4. The van der Waals surface area contributed by atoms with E-state index in [4.69, 9.17) is 5.11 Å². The summed E-state index contributed by atoms with van der Waals surface area (Å²) in [6, 6.07) is 11.5. The molecule has 0 radical (unpaired) electrons. The third-order valence-electron chi connectivity index (χ3n) is 2.26. The summed E-state index contributed by atoms with van der Waals surface area (Å²) >= 11 is 0. The Labute approximate surface area is 93.1 Å². The van der Waals surface area contributed by atoms with Crippen molar-refractivity contribution >= 4 is 5.97 Å². The highest BCUT2D eigenvalue weighted by Gasteiger charge is 2.09. The number of rotatable bonds is 3. The number of carboxylic acid groups (broad SMARTS) is 1. The minimum Gasteiger partial charge on any atom is -0.480 e. The molecule has 0 spiro atoms. The summed E-state index contributed by atoms with van der Waals surface area (Å²) in [6.07, 6.45) is 0. The molecule has 4 nitrogen and oxygen atoms in total. The van der Waals surface area contributed by atoms with Crippen LogP contribution >= 0.6 is 0 Å². The number of carboxylic acids is 1. The van der Waals surface area contributed by atoms with E-state index in [2.05, 4.69) is 5.10 Å². The molecule has 1 aromatic heterocycles. The lowest BCUT2D eigenvalue weighted by Gasteiger charge is -2.04. The highest BCUT2D eigenvalue weighted by Crippen LogP contribution is 2.19. The monoisotopic (exact) mass is 216 g/mol. The Kier molecular flexibility index (Phi) is 2.72. The van der Waals surface area contributed by atoms with Crippen molar-refractivity contribution in [2.75, 3.05) is 0 Å². The van der Waals surface area contributed by atoms with E-state index in [9.17, 15) is 4.79 Å². The van der Waals surface area contributed by atoms with Gasteiger partial charge in [-0.1, -0.05) is 30.3 Å². The fourth-order valence-electron chi connectivity index (χ4n) is 1.64. The average molecular weight is 216 g/mol. The van der Waals surface area contributed by atoms with Crippen LogP contribution in [0.3, 0.4) is 0 Å². The van der Waals surface area contributed by atoms with Crippen LogP contribution in [-0.2, 0) is 11.3 Å². The molecule has 0 aliphatic carbocycles. The molecule has 0 fully saturated rings. The summed E-state index contributed by atoms with van der Waals surface area (Å²) < 4.78 is 1.51. The molecule has 0 unspecified atom stereocenters. The van der Waals surface area contributed by atoms with Gasteiger partial charge in [-0.3, -0.25) is 9.48 Å². The minimum atomic E-state index is -0.889. The van der Waals surface area contributed by atoms with Gasteiger partial charge >= 0.3 is 5.97 Å². The van der Waals surface area contributed by atoms with Crippen LogP contribution in [0.2, 0.25) is 0 Å². The van der Waals surface area contributed by atoms with E-state index in [0.29, 0.717) is 0 Å². The van der Waals surface area contributed by atoms with Gasteiger partial charge in [-0.05, 0) is 18.6 Å². The second kappa shape index (κ2) is 4.18.